The Balaban J connectivity index is 1.46. The topological polar surface area (TPSA) is 69.7 Å². The first-order valence-electron chi connectivity index (χ1n) is 13.0. The number of likely N-dealkylation sites (tertiary alicyclic amines) is 1. The lowest BCUT2D eigenvalue weighted by Gasteiger charge is -2.26. The zero-order valence-electron chi connectivity index (χ0n) is 22.0. The van der Waals surface area contributed by atoms with Crippen LogP contribution in [0.3, 0.4) is 0 Å². The Bertz CT molecular complexity index is 1310. The molecule has 0 atom stereocenters. The standard InChI is InChI=1S/C30H37N3O3S/c1-23-10-16-28(17-11-23)37(35,36)33(29-9-7-8-24(2)25(29)3)22-30(34)31-20-26-12-14-27(15-13-26)21-32-18-5-4-6-19-32/h7-17H,4-6,18-22H2,1-3H3,(H,31,34). The van der Waals surface area contributed by atoms with Crippen LogP contribution in [0.1, 0.15) is 47.1 Å². The number of nitrogens with one attached hydrogen (secondary N) is 1. The first-order valence-corrected chi connectivity index (χ1v) is 14.4. The van der Waals surface area contributed by atoms with Crippen LogP contribution >= 0.6 is 0 Å². The largest absolute Gasteiger partial charge is 0.350 e. The molecule has 37 heavy (non-hydrogen) atoms. The van der Waals surface area contributed by atoms with Crippen LogP contribution in [0.15, 0.2) is 71.6 Å². The molecule has 0 unspecified atom stereocenters. The highest BCUT2D eigenvalue weighted by Gasteiger charge is 2.28. The Morgan fingerprint density at radius 1 is 0.865 bits per heavy atom. The molecule has 1 aliphatic heterocycles. The summed E-state index contributed by atoms with van der Waals surface area (Å²) >= 11 is 0. The fourth-order valence-corrected chi connectivity index (χ4v) is 6.15. The number of carbonyl (C=O) groups is 1. The average Bonchev–Trinajstić information content (AvgIpc) is 2.89. The number of carbonyl (C=O) groups excluding carboxylic acids is 1. The number of amides is 1. The van der Waals surface area contributed by atoms with Crippen molar-refractivity contribution in [3.8, 4) is 0 Å². The first kappa shape index (κ1) is 26.9. The number of piperidine rings is 1. The van der Waals surface area contributed by atoms with Crippen LogP contribution in [0.2, 0.25) is 0 Å². The van der Waals surface area contributed by atoms with Crippen molar-refractivity contribution in [1.82, 2.24) is 10.2 Å². The van der Waals surface area contributed by atoms with E-state index in [1.54, 1.807) is 30.3 Å². The molecular weight excluding hydrogens is 482 g/mol. The highest BCUT2D eigenvalue weighted by atomic mass is 32.2. The van der Waals surface area contributed by atoms with Gasteiger partial charge in [0.1, 0.15) is 6.54 Å². The molecule has 1 N–H and O–H groups in total. The van der Waals surface area contributed by atoms with Gasteiger partial charge in [0, 0.05) is 13.1 Å². The van der Waals surface area contributed by atoms with Gasteiger partial charge in [-0.15, -0.1) is 0 Å². The van der Waals surface area contributed by atoms with Gasteiger partial charge in [-0.2, -0.15) is 0 Å². The van der Waals surface area contributed by atoms with Gasteiger partial charge in [-0.05, 0) is 87.2 Å². The molecule has 1 amide bonds. The summed E-state index contributed by atoms with van der Waals surface area (Å²) in [5.41, 5.74) is 5.52. The van der Waals surface area contributed by atoms with Gasteiger partial charge in [0.2, 0.25) is 5.91 Å². The quantitative estimate of drug-likeness (QED) is 0.427. The third kappa shape index (κ3) is 6.79. The van der Waals surface area contributed by atoms with E-state index in [0.717, 1.165) is 41.9 Å². The summed E-state index contributed by atoms with van der Waals surface area (Å²) in [4.78, 5) is 15.7. The molecule has 6 nitrogen and oxygen atoms in total. The highest BCUT2D eigenvalue weighted by molar-refractivity contribution is 7.92. The smallest absolute Gasteiger partial charge is 0.264 e. The van der Waals surface area contributed by atoms with Gasteiger partial charge in [0.05, 0.1) is 10.6 Å². The molecular formula is C30H37N3O3S. The zero-order chi connectivity index (χ0) is 26.4. The summed E-state index contributed by atoms with van der Waals surface area (Å²) in [6.07, 6.45) is 3.86. The lowest BCUT2D eigenvalue weighted by molar-refractivity contribution is -0.119. The van der Waals surface area contributed by atoms with E-state index >= 15 is 0 Å². The maximum atomic E-state index is 13.7. The third-order valence-corrected chi connectivity index (χ3v) is 8.88. The average molecular weight is 520 g/mol. The first-order chi connectivity index (χ1) is 17.7. The maximum Gasteiger partial charge on any atom is 0.264 e. The van der Waals surface area contributed by atoms with Crippen LogP contribution in [0.4, 0.5) is 5.69 Å². The van der Waals surface area contributed by atoms with Crippen LogP contribution in [-0.2, 0) is 27.9 Å². The van der Waals surface area contributed by atoms with E-state index in [4.69, 9.17) is 0 Å². The van der Waals surface area contributed by atoms with E-state index in [-0.39, 0.29) is 17.3 Å². The van der Waals surface area contributed by atoms with Gasteiger partial charge in [-0.25, -0.2) is 8.42 Å². The Kier molecular flexibility index (Phi) is 8.67. The van der Waals surface area contributed by atoms with Crippen molar-refractivity contribution in [2.45, 2.75) is 58.0 Å². The van der Waals surface area contributed by atoms with Crippen molar-refractivity contribution in [3.63, 3.8) is 0 Å². The maximum absolute atomic E-state index is 13.7. The monoisotopic (exact) mass is 519 g/mol. The summed E-state index contributed by atoms with van der Waals surface area (Å²) in [7, 11) is -3.94. The van der Waals surface area contributed by atoms with Crippen LogP contribution in [-0.4, -0.2) is 38.9 Å². The molecule has 0 aromatic heterocycles. The van der Waals surface area contributed by atoms with E-state index in [0.29, 0.717) is 12.2 Å². The number of aryl methyl sites for hydroxylation is 2. The number of benzene rings is 3. The number of hydrogen-bond donors (Lipinski definition) is 1. The van der Waals surface area contributed by atoms with Crippen molar-refractivity contribution < 1.29 is 13.2 Å². The molecule has 1 saturated heterocycles. The SMILES string of the molecule is Cc1ccc(S(=O)(=O)N(CC(=O)NCc2ccc(CN3CCCCC3)cc2)c2cccc(C)c2C)cc1. The van der Waals surface area contributed by atoms with Crippen molar-refractivity contribution >= 4 is 21.6 Å². The molecule has 1 fully saturated rings. The van der Waals surface area contributed by atoms with E-state index in [1.807, 2.05) is 45.0 Å². The molecule has 0 saturated carbocycles. The van der Waals surface area contributed by atoms with Gasteiger partial charge >= 0.3 is 0 Å². The molecule has 4 rings (SSSR count). The number of hydrogen-bond acceptors (Lipinski definition) is 4. The fraction of sp³-hybridized carbons (Fsp3) is 0.367. The summed E-state index contributed by atoms with van der Waals surface area (Å²) in [6.45, 7) is 9.03. The lowest BCUT2D eigenvalue weighted by atomic mass is 10.1. The second-order valence-corrected chi connectivity index (χ2v) is 11.8. The molecule has 0 spiro atoms. The van der Waals surface area contributed by atoms with Crippen molar-refractivity contribution in [2.24, 2.45) is 0 Å². The molecule has 1 aliphatic rings. The number of anilines is 1. The number of sulfonamides is 1. The summed E-state index contributed by atoms with van der Waals surface area (Å²) in [5.74, 6) is -0.353. The summed E-state index contributed by atoms with van der Waals surface area (Å²) in [6, 6.07) is 20.5. The Morgan fingerprint density at radius 3 is 2.19 bits per heavy atom. The Hall–Kier alpha value is -3.16. The normalized spacial score (nSPS) is 14.4. The van der Waals surface area contributed by atoms with Gasteiger partial charge in [0.15, 0.2) is 0 Å². The van der Waals surface area contributed by atoms with E-state index in [9.17, 15) is 13.2 Å². The van der Waals surface area contributed by atoms with Crippen molar-refractivity contribution in [1.29, 1.82) is 0 Å². The van der Waals surface area contributed by atoms with Crippen LogP contribution < -0.4 is 9.62 Å². The second kappa shape index (κ2) is 11.9. The van der Waals surface area contributed by atoms with E-state index in [1.165, 1.54) is 29.1 Å². The number of nitrogens with zero attached hydrogens (tertiary/aromatic N) is 2. The highest BCUT2D eigenvalue weighted by Crippen LogP contribution is 2.28. The van der Waals surface area contributed by atoms with Crippen molar-refractivity contribution in [3.05, 3.63) is 94.5 Å². The molecule has 0 radical (unpaired) electrons. The minimum absolute atomic E-state index is 0.163. The molecule has 196 valence electrons. The van der Waals surface area contributed by atoms with Gasteiger partial charge in [-0.1, -0.05) is 60.5 Å². The third-order valence-electron chi connectivity index (χ3n) is 7.11. The molecule has 0 bridgehead atoms. The van der Waals surface area contributed by atoms with Crippen LogP contribution in [0.5, 0.6) is 0 Å². The molecule has 0 aliphatic carbocycles. The van der Waals surface area contributed by atoms with E-state index in [2.05, 4.69) is 22.3 Å². The van der Waals surface area contributed by atoms with Gasteiger partial charge < -0.3 is 5.32 Å². The van der Waals surface area contributed by atoms with Crippen LogP contribution in [0.25, 0.3) is 0 Å². The predicted molar refractivity (Wildman–Crippen MR) is 149 cm³/mol. The number of rotatable bonds is 9. The fourth-order valence-electron chi connectivity index (χ4n) is 4.67. The van der Waals surface area contributed by atoms with Gasteiger partial charge in [0.25, 0.3) is 10.0 Å². The van der Waals surface area contributed by atoms with Crippen molar-refractivity contribution in [2.75, 3.05) is 23.9 Å². The van der Waals surface area contributed by atoms with Gasteiger partial charge in [-0.3, -0.25) is 14.0 Å². The predicted octanol–water partition coefficient (Wildman–Crippen LogP) is 5.11. The molecule has 1 heterocycles. The minimum atomic E-state index is -3.94. The summed E-state index contributed by atoms with van der Waals surface area (Å²) in [5, 5.41) is 2.91. The molecule has 7 heteroatoms. The Morgan fingerprint density at radius 2 is 1.51 bits per heavy atom. The molecule has 3 aromatic carbocycles. The van der Waals surface area contributed by atoms with Crippen LogP contribution in [0, 0.1) is 20.8 Å². The molecule has 3 aromatic rings. The second-order valence-electron chi connectivity index (χ2n) is 9.97. The Labute approximate surface area is 221 Å². The summed E-state index contributed by atoms with van der Waals surface area (Å²) < 4.78 is 28.5. The minimum Gasteiger partial charge on any atom is -0.350 e. The zero-order valence-corrected chi connectivity index (χ0v) is 22.9. The van der Waals surface area contributed by atoms with E-state index < -0.39 is 10.0 Å². The lowest BCUT2D eigenvalue weighted by Crippen LogP contribution is -2.41.